The van der Waals surface area contributed by atoms with Crippen molar-refractivity contribution >= 4 is 41.2 Å². The van der Waals surface area contributed by atoms with Gasteiger partial charge in [-0.1, -0.05) is 73.4 Å². The highest BCUT2D eigenvalue weighted by molar-refractivity contribution is 6.35. The number of hydrogen-bond acceptors (Lipinski definition) is 5. The average molecular weight is 481 g/mol. The molecule has 0 bridgehead atoms. The predicted octanol–water partition coefficient (Wildman–Crippen LogP) is 4.14. The molecule has 32 heavy (non-hydrogen) atoms. The first-order chi connectivity index (χ1) is 15.2. The lowest BCUT2D eigenvalue weighted by Crippen LogP contribution is -2.54. The number of nitrogens with one attached hydrogen (secondary N) is 2. The summed E-state index contributed by atoms with van der Waals surface area (Å²) in [7, 11) is 1.23. The zero-order chi connectivity index (χ0) is 23.7. The molecule has 0 fully saturated rings. The molecule has 0 heterocycles. The number of ether oxygens (including phenoxy) is 2. The van der Waals surface area contributed by atoms with E-state index in [0.717, 1.165) is 5.56 Å². The molecule has 2 aromatic rings. The highest BCUT2D eigenvalue weighted by atomic mass is 35.5. The van der Waals surface area contributed by atoms with Gasteiger partial charge in [0.15, 0.2) is 0 Å². The molecular formula is C23H26Cl2N2O5. The van der Waals surface area contributed by atoms with E-state index in [0.29, 0.717) is 15.6 Å². The second-order valence-electron chi connectivity index (χ2n) is 7.45. The van der Waals surface area contributed by atoms with E-state index in [2.05, 4.69) is 10.6 Å². The molecule has 0 unspecified atom stereocenters. The fourth-order valence-corrected chi connectivity index (χ4v) is 3.42. The minimum absolute atomic E-state index is 0.0684. The van der Waals surface area contributed by atoms with E-state index in [1.54, 1.807) is 32.0 Å². The quantitative estimate of drug-likeness (QED) is 0.525. The molecular weight excluding hydrogens is 455 g/mol. The van der Waals surface area contributed by atoms with E-state index in [9.17, 15) is 14.4 Å². The van der Waals surface area contributed by atoms with Gasteiger partial charge >= 0.3 is 12.1 Å². The lowest BCUT2D eigenvalue weighted by atomic mass is 10.0. The average Bonchev–Trinajstić information content (AvgIpc) is 2.77. The van der Waals surface area contributed by atoms with Crippen LogP contribution in [0, 0.1) is 5.92 Å². The molecule has 0 aliphatic heterocycles. The summed E-state index contributed by atoms with van der Waals surface area (Å²) in [6.45, 7) is 3.61. The van der Waals surface area contributed by atoms with Crippen LogP contribution in [-0.2, 0) is 32.1 Å². The van der Waals surface area contributed by atoms with Gasteiger partial charge in [-0.2, -0.15) is 0 Å². The number of halogens is 2. The summed E-state index contributed by atoms with van der Waals surface area (Å²) in [6.07, 6.45) is -0.643. The van der Waals surface area contributed by atoms with Gasteiger partial charge in [-0.15, -0.1) is 0 Å². The second kappa shape index (κ2) is 12.3. The maximum Gasteiger partial charge on any atom is 0.408 e. The van der Waals surface area contributed by atoms with Crippen LogP contribution in [0.5, 0.6) is 0 Å². The Labute approximate surface area is 197 Å². The van der Waals surface area contributed by atoms with Crippen LogP contribution in [0.2, 0.25) is 10.0 Å². The van der Waals surface area contributed by atoms with Crippen molar-refractivity contribution in [3.63, 3.8) is 0 Å². The van der Waals surface area contributed by atoms with Crippen LogP contribution in [0.1, 0.15) is 25.0 Å². The lowest BCUT2D eigenvalue weighted by Gasteiger charge is -2.24. The molecule has 0 radical (unpaired) electrons. The number of esters is 1. The van der Waals surface area contributed by atoms with Gasteiger partial charge in [-0.05, 0) is 29.2 Å². The van der Waals surface area contributed by atoms with Crippen LogP contribution < -0.4 is 10.6 Å². The first-order valence-electron chi connectivity index (χ1n) is 10.0. The number of methoxy groups -OCH3 is 1. The third-order valence-electron chi connectivity index (χ3n) is 4.68. The maximum atomic E-state index is 12.9. The molecule has 2 amide bonds. The molecule has 2 N–H and O–H groups in total. The van der Waals surface area contributed by atoms with Gasteiger partial charge in [-0.3, -0.25) is 4.79 Å². The van der Waals surface area contributed by atoms with Gasteiger partial charge in [0.2, 0.25) is 5.91 Å². The molecule has 0 aromatic heterocycles. The van der Waals surface area contributed by atoms with E-state index < -0.39 is 30.1 Å². The van der Waals surface area contributed by atoms with Crippen LogP contribution in [0.15, 0.2) is 48.5 Å². The van der Waals surface area contributed by atoms with Crippen molar-refractivity contribution in [2.24, 2.45) is 5.92 Å². The molecule has 9 heteroatoms. The topological polar surface area (TPSA) is 93.7 Å². The molecule has 0 aliphatic rings. The van der Waals surface area contributed by atoms with Crippen LogP contribution in [0.3, 0.4) is 0 Å². The third kappa shape index (κ3) is 7.73. The summed E-state index contributed by atoms with van der Waals surface area (Å²) in [5.74, 6) is -1.45. The van der Waals surface area contributed by atoms with Crippen molar-refractivity contribution in [2.45, 2.75) is 39.0 Å². The van der Waals surface area contributed by atoms with Crippen LogP contribution in [-0.4, -0.2) is 37.2 Å². The van der Waals surface area contributed by atoms with Crippen LogP contribution in [0.25, 0.3) is 0 Å². The fourth-order valence-electron chi connectivity index (χ4n) is 2.93. The standard InChI is InChI=1S/C23H26Cl2N2O5/c1-14(2)20(27-23(30)32-13-15-7-5-4-6-8-15)21(28)26-19(22(29)31-3)11-16-9-10-17(24)12-18(16)25/h4-10,12,14,19-20H,11,13H2,1-3H3,(H,26,28)(H,27,30)/t19-,20+/m0/s1. The van der Waals surface area contributed by atoms with Crippen molar-refractivity contribution in [1.29, 1.82) is 0 Å². The largest absolute Gasteiger partial charge is 0.467 e. The van der Waals surface area contributed by atoms with Gasteiger partial charge in [0.1, 0.15) is 18.7 Å². The van der Waals surface area contributed by atoms with Gasteiger partial charge in [-0.25, -0.2) is 9.59 Å². The fraction of sp³-hybridized carbons (Fsp3) is 0.348. The Morgan fingerprint density at radius 3 is 2.28 bits per heavy atom. The van der Waals surface area contributed by atoms with Crippen molar-refractivity contribution in [2.75, 3.05) is 7.11 Å². The van der Waals surface area contributed by atoms with Gasteiger partial charge in [0.25, 0.3) is 0 Å². The van der Waals surface area contributed by atoms with Crippen molar-refractivity contribution in [3.05, 3.63) is 69.7 Å². The first kappa shape index (κ1) is 25.5. The zero-order valence-corrected chi connectivity index (χ0v) is 19.6. The molecule has 7 nitrogen and oxygen atoms in total. The number of rotatable bonds is 9. The predicted molar refractivity (Wildman–Crippen MR) is 123 cm³/mol. The van der Waals surface area contributed by atoms with E-state index in [1.807, 2.05) is 30.3 Å². The van der Waals surface area contributed by atoms with Crippen molar-refractivity contribution < 1.29 is 23.9 Å². The summed E-state index contributed by atoms with van der Waals surface area (Å²) >= 11 is 12.1. The molecule has 2 atom stereocenters. The molecule has 0 aliphatic carbocycles. The number of hydrogen-bond donors (Lipinski definition) is 2. The summed E-state index contributed by atoms with van der Waals surface area (Å²) in [5.41, 5.74) is 1.43. The van der Waals surface area contributed by atoms with E-state index in [1.165, 1.54) is 7.11 Å². The van der Waals surface area contributed by atoms with Crippen LogP contribution in [0.4, 0.5) is 4.79 Å². The smallest absolute Gasteiger partial charge is 0.408 e. The Bertz CT molecular complexity index is 937. The molecule has 2 aromatic carbocycles. The monoisotopic (exact) mass is 480 g/mol. The summed E-state index contributed by atoms with van der Waals surface area (Å²) in [4.78, 5) is 37.4. The van der Waals surface area contributed by atoms with Crippen molar-refractivity contribution in [1.82, 2.24) is 10.6 Å². The summed E-state index contributed by atoms with van der Waals surface area (Å²) in [6, 6.07) is 12.1. The SMILES string of the molecule is COC(=O)[C@H](Cc1ccc(Cl)cc1Cl)NC(=O)[C@H](NC(=O)OCc1ccccc1)C(C)C. The molecule has 0 spiro atoms. The van der Waals surface area contributed by atoms with Gasteiger partial charge < -0.3 is 20.1 Å². The highest BCUT2D eigenvalue weighted by Gasteiger charge is 2.30. The second-order valence-corrected chi connectivity index (χ2v) is 8.30. The molecule has 172 valence electrons. The molecule has 2 rings (SSSR count). The Morgan fingerprint density at radius 2 is 1.69 bits per heavy atom. The normalized spacial score (nSPS) is 12.6. The minimum Gasteiger partial charge on any atom is -0.467 e. The Hall–Kier alpha value is -2.77. The molecule has 0 saturated carbocycles. The number of carbonyl (C=O) groups is 3. The number of benzene rings is 2. The van der Waals surface area contributed by atoms with E-state index >= 15 is 0 Å². The summed E-state index contributed by atoms with van der Waals surface area (Å²) in [5, 5.41) is 6.02. The minimum atomic E-state index is -1.01. The van der Waals surface area contributed by atoms with Crippen molar-refractivity contribution in [3.8, 4) is 0 Å². The maximum absolute atomic E-state index is 12.9. The highest BCUT2D eigenvalue weighted by Crippen LogP contribution is 2.22. The molecule has 0 saturated heterocycles. The Morgan fingerprint density at radius 1 is 1.00 bits per heavy atom. The number of amides is 2. The summed E-state index contributed by atoms with van der Waals surface area (Å²) < 4.78 is 10.0. The Kier molecular flexibility index (Phi) is 9.81. The zero-order valence-electron chi connectivity index (χ0n) is 18.1. The van der Waals surface area contributed by atoms with E-state index in [-0.39, 0.29) is 18.9 Å². The lowest BCUT2D eigenvalue weighted by molar-refractivity contribution is -0.145. The Balaban J connectivity index is 2.05. The third-order valence-corrected chi connectivity index (χ3v) is 5.26. The number of carbonyl (C=O) groups excluding carboxylic acids is 3. The first-order valence-corrected chi connectivity index (χ1v) is 10.8. The van der Waals surface area contributed by atoms with E-state index in [4.69, 9.17) is 32.7 Å². The number of alkyl carbamates (subject to hydrolysis) is 1. The van der Waals surface area contributed by atoms with Gasteiger partial charge in [0.05, 0.1) is 7.11 Å². The van der Waals surface area contributed by atoms with Gasteiger partial charge in [0, 0.05) is 16.5 Å². The van der Waals surface area contributed by atoms with Crippen LogP contribution >= 0.6 is 23.2 Å².